The van der Waals surface area contributed by atoms with E-state index in [2.05, 4.69) is 0 Å². The Morgan fingerprint density at radius 3 is 1.55 bits per heavy atom. The highest BCUT2D eigenvalue weighted by Gasteiger charge is 2.45. The third-order valence-corrected chi connectivity index (χ3v) is 8.03. The van der Waals surface area contributed by atoms with Gasteiger partial charge >= 0.3 is 0 Å². The molecule has 44 heavy (non-hydrogen) atoms. The molecule has 226 valence electrons. The molecule has 0 bridgehead atoms. The van der Waals surface area contributed by atoms with Crippen LogP contribution in [0.3, 0.4) is 0 Å². The van der Waals surface area contributed by atoms with Crippen LogP contribution >= 0.6 is 0 Å². The van der Waals surface area contributed by atoms with Crippen molar-refractivity contribution < 1.29 is 43.3 Å². The first-order valence-corrected chi connectivity index (χ1v) is 13.9. The van der Waals surface area contributed by atoms with Gasteiger partial charge in [0.05, 0.1) is 52.1 Å². The molecule has 2 aromatic carbocycles. The molecule has 2 fully saturated rings. The van der Waals surface area contributed by atoms with Crippen molar-refractivity contribution in [3.8, 4) is 0 Å². The number of nitrogens with two attached hydrogens (primary N) is 1. The second-order valence-corrected chi connectivity index (χ2v) is 10.9. The van der Waals surface area contributed by atoms with Gasteiger partial charge in [-0.3, -0.25) is 58.3 Å². The number of ketones is 4. The zero-order chi connectivity index (χ0) is 31.9. The van der Waals surface area contributed by atoms with E-state index in [4.69, 9.17) is 5.73 Å². The number of Topliss-reactive ketones (excluding diaryl/α,β-unsaturated/α-hetero) is 4. The van der Waals surface area contributed by atoms with Crippen LogP contribution in [-0.2, 0) is 19.2 Å². The summed E-state index contributed by atoms with van der Waals surface area (Å²) < 4.78 is 0. The summed E-state index contributed by atoms with van der Waals surface area (Å²) in [7, 11) is 0. The SMILES string of the molecule is Nc1ccc2c(c1)C(=O)N([C@H]1CCCC(=O)CC1=O)C2=O.O=C1CCC[C@H](N2C(=O)c3ccc([N+](=O)[O-])cc3C2=O)C(=O)C1. The number of carbonyl (C=O) groups is 8. The zero-order valence-corrected chi connectivity index (χ0v) is 23.3. The fraction of sp³-hybridized carbons (Fsp3) is 0.333. The molecule has 2 atom stereocenters. The number of fused-ring (bicyclic) bond motifs is 2. The van der Waals surface area contributed by atoms with Gasteiger partial charge in [0.25, 0.3) is 29.3 Å². The van der Waals surface area contributed by atoms with Crippen LogP contribution in [0.15, 0.2) is 36.4 Å². The van der Waals surface area contributed by atoms with E-state index in [9.17, 15) is 48.5 Å². The normalized spacial score (nSPS) is 21.9. The quantitative estimate of drug-likeness (QED) is 0.134. The van der Waals surface area contributed by atoms with E-state index >= 15 is 0 Å². The molecule has 2 aromatic rings. The van der Waals surface area contributed by atoms with Crippen LogP contribution < -0.4 is 5.73 Å². The van der Waals surface area contributed by atoms with Gasteiger partial charge in [-0.2, -0.15) is 0 Å². The number of non-ortho nitro benzene ring substituents is 1. The lowest BCUT2D eigenvalue weighted by molar-refractivity contribution is -0.384. The molecule has 4 amide bonds. The Hall–Kier alpha value is -5.40. The summed E-state index contributed by atoms with van der Waals surface area (Å²) in [5, 5.41) is 10.8. The first kappa shape index (κ1) is 30.1. The van der Waals surface area contributed by atoms with Crippen molar-refractivity contribution in [3.05, 3.63) is 68.8 Å². The minimum atomic E-state index is -0.979. The van der Waals surface area contributed by atoms with Crippen LogP contribution in [0, 0.1) is 10.1 Å². The van der Waals surface area contributed by atoms with Crippen LogP contribution in [-0.4, -0.2) is 73.6 Å². The van der Waals surface area contributed by atoms with Crippen molar-refractivity contribution in [2.24, 2.45) is 0 Å². The summed E-state index contributed by atoms with van der Waals surface area (Å²) in [5.41, 5.74) is 6.19. The van der Waals surface area contributed by atoms with E-state index in [0.29, 0.717) is 31.4 Å². The predicted molar refractivity (Wildman–Crippen MR) is 149 cm³/mol. The summed E-state index contributed by atoms with van der Waals surface area (Å²) in [4.78, 5) is 109. The second-order valence-electron chi connectivity index (χ2n) is 10.9. The lowest BCUT2D eigenvalue weighted by Crippen LogP contribution is -2.44. The highest BCUT2D eigenvalue weighted by Crippen LogP contribution is 2.32. The smallest absolute Gasteiger partial charge is 0.270 e. The molecule has 2 aliphatic heterocycles. The monoisotopic (exact) mass is 602 g/mol. The maximum Gasteiger partial charge on any atom is 0.270 e. The molecular formula is C30H26N4O10. The Morgan fingerprint density at radius 1 is 0.636 bits per heavy atom. The molecule has 0 saturated heterocycles. The van der Waals surface area contributed by atoms with Gasteiger partial charge in [-0.25, -0.2) is 0 Å². The van der Waals surface area contributed by atoms with Gasteiger partial charge in [-0.1, -0.05) is 0 Å². The first-order valence-electron chi connectivity index (χ1n) is 13.9. The largest absolute Gasteiger partial charge is 0.399 e. The van der Waals surface area contributed by atoms with Gasteiger partial charge in [0, 0.05) is 30.7 Å². The third kappa shape index (κ3) is 5.41. The molecule has 14 nitrogen and oxygen atoms in total. The van der Waals surface area contributed by atoms with E-state index < -0.39 is 46.4 Å². The molecule has 2 saturated carbocycles. The van der Waals surface area contributed by atoms with E-state index in [-0.39, 0.29) is 71.0 Å². The van der Waals surface area contributed by atoms with Crippen molar-refractivity contribution in [1.29, 1.82) is 0 Å². The van der Waals surface area contributed by atoms with Gasteiger partial charge in [0.1, 0.15) is 11.6 Å². The zero-order valence-electron chi connectivity index (χ0n) is 23.3. The van der Waals surface area contributed by atoms with Crippen LogP contribution in [0.25, 0.3) is 0 Å². The number of hydrogen-bond acceptors (Lipinski definition) is 11. The Labute approximate surface area is 249 Å². The number of nitro groups is 1. The van der Waals surface area contributed by atoms with Crippen molar-refractivity contribution in [3.63, 3.8) is 0 Å². The fourth-order valence-electron chi connectivity index (χ4n) is 5.86. The summed E-state index contributed by atoms with van der Waals surface area (Å²) in [6.45, 7) is 0. The standard InChI is InChI=1S/C15H12N2O6.C15H14N2O4/c18-9-2-1-3-12(13(19)7-9)16-14(20)10-5-4-8(17(22)23)6-11(10)15(16)21;16-8-4-5-10-11(6-8)15(21)17(14(10)20)12-3-1-2-9(18)7-13(12)19/h4-6,12H,1-3,7H2;4-6,12H,1-3,7,16H2/t2*12-/m00/s1. The highest BCUT2D eigenvalue weighted by molar-refractivity contribution is 6.24. The molecule has 0 aromatic heterocycles. The van der Waals surface area contributed by atoms with Crippen molar-refractivity contribution in [2.45, 2.75) is 63.5 Å². The van der Waals surface area contributed by atoms with Crippen LogP contribution in [0.4, 0.5) is 11.4 Å². The third-order valence-electron chi connectivity index (χ3n) is 8.03. The highest BCUT2D eigenvalue weighted by atomic mass is 16.6. The number of imide groups is 2. The van der Waals surface area contributed by atoms with Gasteiger partial charge in [0.15, 0.2) is 11.6 Å². The Morgan fingerprint density at radius 2 is 1.07 bits per heavy atom. The maximum atomic E-state index is 12.5. The number of anilines is 1. The predicted octanol–water partition coefficient (Wildman–Crippen LogP) is 2.22. The molecule has 2 heterocycles. The Bertz CT molecular complexity index is 1700. The van der Waals surface area contributed by atoms with Crippen LogP contribution in [0.2, 0.25) is 0 Å². The van der Waals surface area contributed by atoms with Gasteiger partial charge in [-0.05, 0) is 49.9 Å². The lowest BCUT2D eigenvalue weighted by Gasteiger charge is -2.23. The van der Waals surface area contributed by atoms with Gasteiger partial charge in [0.2, 0.25) is 0 Å². The van der Waals surface area contributed by atoms with Crippen LogP contribution in [0.1, 0.15) is 92.8 Å². The molecule has 2 N–H and O–H groups in total. The first-order chi connectivity index (χ1) is 20.9. The molecule has 0 unspecified atom stereocenters. The molecular weight excluding hydrogens is 576 g/mol. The second kappa shape index (κ2) is 11.7. The number of amides is 4. The Kier molecular flexibility index (Phi) is 8.00. The van der Waals surface area contributed by atoms with Gasteiger partial charge < -0.3 is 5.73 Å². The Balaban J connectivity index is 0.000000175. The fourth-order valence-corrected chi connectivity index (χ4v) is 5.86. The number of nitro benzene ring substituents is 1. The molecule has 0 radical (unpaired) electrons. The minimum Gasteiger partial charge on any atom is -0.399 e. The van der Waals surface area contributed by atoms with Crippen LogP contribution in [0.5, 0.6) is 0 Å². The number of rotatable bonds is 3. The van der Waals surface area contributed by atoms with E-state index in [1.165, 1.54) is 18.2 Å². The number of benzene rings is 2. The number of hydrogen-bond donors (Lipinski definition) is 1. The lowest BCUT2D eigenvalue weighted by atomic mass is 10.1. The average Bonchev–Trinajstić information content (AvgIpc) is 3.17. The molecule has 0 spiro atoms. The number of nitrogen functional groups attached to an aromatic ring is 1. The molecule has 2 aliphatic carbocycles. The van der Waals surface area contributed by atoms with E-state index in [1.807, 2.05) is 0 Å². The summed E-state index contributed by atoms with van der Waals surface area (Å²) >= 11 is 0. The van der Waals surface area contributed by atoms with Crippen molar-refractivity contribution in [2.75, 3.05) is 5.73 Å². The molecule has 6 rings (SSSR count). The van der Waals surface area contributed by atoms with Gasteiger partial charge in [-0.15, -0.1) is 0 Å². The summed E-state index contributed by atoms with van der Waals surface area (Å²) in [6, 6.07) is 6.08. The number of nitrogens with zero attached hydrogens (tertiary/aromatic N) is 3. The average molecular weight is 603 g/mol. The van der Waals surface area contributed by atoms with Crippen molar-refractivity contribution in [1.82, 2.24) is 9.80 Å². The maximum absolute atomic E-state index is 12.5. The topological polar surface area (TPSA) is 212 Å². The van der Waals surface area contributed by atoms with E-state index in [1.54, 1.807) is 6.07 Å². The summed E-state index contributed by atoms with van der Waals surface area (Å²) in [5.74, 6) is -3.52. The van der Waals surface area contributed by atoms with Crippen molar-refractivity contribution >= 4 is 58.1 Å². The molecule has 4 aliphatic rings. The van der Waals surface area contributed by atoms with E-state index in [0.717, 1.165) is 21.9 Å². The number of carbonyl (C=O) groups excluding carboxylic acids is 8. The summed E-state index contributed by atoms with van der Waals surface area (Å²) in [6.07, 6.45) is 1.56. The molecule has 14 heteroatoms. The minimum absolute atomic E-state index is 0.0453.